The third kappa shape index (κ3) is 4.95. The highest BCUT2D eigenvalue weighted by molar-refractivity contribution is 6.07. The molecule has 0 radical (unpaired) electrons. The van der Waals surface area contributed by atoms with Gasteiger partial charge >= 0.3 is 0 Å². The van der Waals surface area contributed by atoms with Gasteiger partial charge < -0.3 is 14.6 Å². The summed E-state index contributed by atoms with van der Waals surface area (Å²) in [7, 11) is 1.59. The first-order valence-corrected chi connectivity index (χ1v) is 8.38. The molecule has 0 aliphatic carbocycles. The van der Waals surface area contributed by atoms with E-state index >= 15 is 0 Å². The third-order valence-corrected chi connectivity index (χ3v) is 3.87. The highest BCUT2D eigenvalue weighted by atomic mass is 16.5. The predicted molar refractivity (Wildman–Crippen MR) is 103 cm³/mol. The number of aromatic hydroxyl groups is 1. The van der Waals surface area contributed by atoms with Crippen molar-refractivity contribution in [1.82, 2.24) is 4.98 Å². The molecule has 136 valence electrons. The molecule has 1 N–H and O–H groups in total. The number of aromatic nitrogens is 1. The number of allylic oxidation sites excluding steroid dienone is 1. The van der Waals surface area contributed by atoms with Crippen molar-refractivity contribution in [2.75, 3.05) is 7.11 Å². The first kappa shape index (κ1) is 18.2. The molecule has 0 amide bonds. The Morgan fingerprint density at radius 1 is 1.07 bits per heavy atom. The normalized spacial score (nSPS) is 10.7. The van der Waals surface area contributed by atoms with Crippen molar-refractivity contribution < 1.29 is 19.4 Å². The molecule has 27 heavy (non-hydrogen) atoms. The summed E-state index contributed by atoms with van der Waals surface area (Å²) in [5.41, 5.74) is 1.82. The van der Waals surface area contributed by atoms with Crippen molar-refractivity contribution in [3.05, 3.63) is 89.8 Å². The Balaban J connectivity index is 1.65. The van der Waals surface area contributed by atoms with E-state index in [2.05, 4.69) is 4.98 Å². The lowest BCUT2D eigenvalue weighted by atomic mass is 10.1. The van der Waals surface area contributed by atoms with Crippen LogP contribution in [0.1, 0.15) is 21.6 Å². The predicted octanol–water partition coefficient (Wildman–Crippen LogP) is 4.27. The smallest absolute Gasteiger partial charge is 0.207 e. The molecule has 5 heteroatoms. The fraction of sp³-hybridized carbons (Fsp3) is 0.0909. The van der Waals surface area contributed by atoms with E-state index in [1.807, 2.05) is 42.5 Å². The zero-order valence-electron chi connectivity index (χ0n) is 14.8. The number of hydrogen-bond donors (Lipinski definition) is 1. The maximum atomic E-state index is 12.3. The lowest BCUT2D eigenvalue weighted by Gasteiger charge is -2.07. The monoisotopic (exact) mass is 361 g/mol. The van der Waals surface area contributed by atoms with Crippen LogP contribution in [0.4, 0.5) is 0 Å². The molecule has 0 saturated carbocycles. The Hall–Kier alpha value is -3.60. The van der Waals surface area contributed by atoms with Gasteiger partial charge in [-0.05, 0) is 29.3 Å². The number of ether oxygens (including phenoxy) is 2. The maximum absolute atomic E-state index is 12.3. The van der Waals surface area contributed by atoms with Gasteiger partial charge in [0.1, 0.15) is 23.9 Å². The van der Waals surface area contributed by atoms with E-state index in [0.29, 0.717) is 12.4 Å². The quantitative estimate of drug-likeness (QED) is 0.503. The fourth-order valence-electron chi connectivity index (χ4n) is 2.41. The first-order valence-electron chi connectivity index (χ1n) is 8.38. The zero-order valence-corrected chi connectivity index (χ0v) is 14.8. The zero-order chi connectivity index (χ0) is 19.1. The first-order chi connectivity index (χ1) is 13.2. The number of carbonyl (C=O) groups is 1. The average molecular weight is 361 g/mol. The molecular formula is C22H19NO4. The summed E-state index contributed by atoms with van der Waals surface area (Å²) in [6.45, 7) is 0.354. The molecule has 0 spiro atoms. The Morgan fingerprint density at radius 2 is 1.81 bits per heavy atom. The molecular weight excluding hydrogens is 342 g/mol. The van der Waals surface area contributed by atoms with Gasteiger partial charge in [-0.25, -0.2) is 4.98 Å². The molecule has 0 bridgehead atoms. The minimum atomic E-state index is -0.391. The SMILES string of the molecule is COc1ccc(/C=C/C(=O)c2ncc(OCc3ccccc3)cc2O)cc1. The summed E-state index contributed by atoms with van der Waals surface area (Å²) >= 11 is 0. The lowest BCUT2D eigenvalue weighted by Crippen LogP contribution is -2.01. The second-order valence-corrected chi connectivity index (χ2v) is 5.78. The fourth-order valence-corrected chi connectivity index (χ4v) is 2.41. The molecule has 0 aliphatic heterocycles. The molecule has 2 aromatic carbocycles. The van der Waals surface area contributed by atoms with Gasteiger partial charge in [-0.15, -0.1) is 0 Å². The Morgan fingerprint density at radius 3 is 2.48 bits per heavy atom. The minimum Gasteiger partial charge on any atom is -0.505 e. The van der Waals surface area contributed by atoms with Crippen LogP contribution < -0.4 is 9.47 Å². The second-order valence-electron chi connectivity index (χ2n) is 5.78. The largest absolute Gasteiger partial charge is 0.505 e. The molecule has 0 fully saturated rings. The topological polar surface area (TPSA) is 68.7 Å². The van der Waals surface area contributed by atoms with E-state index in [9.17, 15) is 9.90 Å². The molecule has 1 aromatic heterocycles. The summed E-state index contributed by atoms with van der Waals surface area (Å²) in [5, 5.41) is 10.1. The Labute approximate surface area is 157 Å². The lowest BCUT2D eigenvalue weighted by molar-refractivity contribution is 0.104. The van der Waals surface area contributed by atoms with Crippen LogP contribution in [0, 0.1) is 0 Å². The van der Waals surface area contributed by atoms with Gasteiger partial charge in [0.15, 0.2) is 5.69 Å². The number of benzene rings is 2. The van der Waals surface area contributed by atoms with Crippen molar-refractivity contribution in [1.29, 1.82) is 0 Å². The molecule has 0 saturated heterocycles. The molecule has 5 nitrogen and oxygen atoms in total. The van der Waals surface area contributed by atoms with Gasteiger partial charge in [-0.3, -0.25) is 4.79 Å². The summed E-state index contributed by atoms with van der Waals surface area (Å²) in [6.07, 6.45) is 4.45. The average Bonchev–Trinajstić information content (AvgIpc) is 2.71. The number of ketones is 1. The van der Waals surface area contributed by atoms with Crippen LogP contribution in [0.3, 0.4) is 0 Å². The number of carbonyl (C=O) groups excluding carboxylic acids is 1. The van der Waals surface area contributed by atoms with Gasteiger partial charge in [0.25, 0.3) is 0 Å². The number of methoxy groups -OCH3 is 1. The van der Waals surface area contributed by atoms with E-state index < -0.39 is 5.78 Å². The molecule has 3 rings (SSSR count). The van der Waals surface area contributed by atoms with Crippen LogP contribution in [-0.4, -0.2) is 23.0 Å². The van der Waals surface area contributed by atoms with Crippen LogP contribution in [0.5, 0.6) is 17.2 Å². The highest BCUT2D eigenvalue weighted by Crippen LogP contribution is 2.23. The van der Waals surface area contributed by atoms with Crippen LogP contribution in [0.2, 0.25) is 0 Å². The van der Waals surface area contributed by atoms with E-state index in [1.54, 1.807) is 25.3 Å². The molecule has 0 atom stereocenters. The van der Waals surface area contributed by atoms with E-state index in [-0.39, 0.29) is 11.4 Å². The minimum absolute atomic E-state index is 0.0215. The van der Waals surface area contributed by atoms with Gasteiger partial charge in [-0.2, -0.15) is 0 Å². The van der Waals surface area contributed by atoms with Gasteiger partial charge in [-0.1, -0.05) is 48.5 Å². The third-order valence-electron chi connectivity index (χ3n) is 3.87. The van der Waals surface area contributed by atoms with Gasteiger partial charge in [0.05, 0.1) is 13.3 Å². The van der Waals surface area contributed by atoms with Crippen molar-refractivity contribution in [3.63, 3.8) is 0 Å². The van der Waals surface area contributed by atoms with Crippen molar-refractivity contribution >= 4 is 11.9 Å². The van der Waals surface area contributed by atoms with Crippen molar-refractivity contribution in [3.8, 4) is 17.2 Å². The standard InChI is InChI=1S/C22H19NO4/c1-26-18-10-7-16(8-11-18)9-12-20(24)22-21(25)13-19(14-23-22)27-15-17-5-3-2-4-6-17/h2-14,25H,15H2,1H3/b12-9+. The second kappa shape index (κ2) is 8.67. The molecule has 0 aliphatic rings. The van der Waals surface area contributed by atoms with E-state index in [4.69, 9.17) is 9.47 Å². The summed E-state index contributed by atoms with van der Waals surface area (Å²) in [4.78, 5) is 16.3. The molecule has 3 aromatic rings. The Bertz CT molecular complexity index is 934. The maximum Gasteiger partial charge on any atom is 0.207 e. The summed E-state index contributed by atoms with van der Waals surface area (Å²) in [6, 6.07) is 18.3. The van der Waals surface area contributed by atoms with E-state index in [0.717, 1.165) is 16.9 Å². The number of hydrogen-bond acceptors (Lipinski definition) is 5. The molecule has 1 heterocycles. The van der Waals surface area contributed by atoms with Crippen LogP contribution in [-0.2, 0) is 6.61 Å². The van der Waals surface area contributed by atoms with Crippen LogP contribution in [0.15, 0.2) is 72.9 Å². The van der Waals surface area contributed by atoms with Crippen molar-refractivity contribution in [2.45, 2.75) is 6.61 Å². The van der Waals surface area contributed by atoms with Gasteiger partial charge in [0.2, 0.25) is 5.78 Å². The van der Waals surface area contributed by atoms with Gasteiger partial charge in [0, 0.05) is 6.07 Å². The van der Waals surface area contributed by atoms with Crippen molar-refractivity contribution in [2.24, 2.45) is 0 Å². The highest BCUT2D eigenvalue weighted by Gasteiger charge is 2.11. The van der Waals surface area contributed by atoms with Crippen LogP contribution >= 0.6 is 0 Å². The van der Waals surface area contributed by atoms with Crippen LogP contribution in [0.25, 0.3) is 6.08 Å². The molecule has 0 unspecified atom stereocenters. The van der Waals surface area contributed by atoms with E-state index in [1.165, 1.54) is 18.3 Å². The number of pyridine rings is 1. The Kier molecular flexibility index (Phi) is 5.84. The number of nitrogens with zero attached hydrogens (tertiary/aromatic N) is 1. The summed E-state index contributed by atoms with van der Waals surface area (Å²) in [5.74, 6) is 0.527. The number of rotatable bonds is 7. The summed E-state index contributed by atoms with van der Waals surface area (Å²) < 4.78 is 10.7.